The second-order valence-corrected chi connectivity index (χ2v) is 3.98. The van der Waals surface area contributed by atoms with Gasteiger partial charge in [-0.05, 0) is 12.1 Å². The minimum atomic E-state index is -0.118. The highest BCUT2D eigenvalue weighted by atomic mass is 32.1. The topological polar surface area (TPSA) is 47.2 Å². The summed E-state index contributed by atoms with van der Waals surface area (Å²) in [5.74, 6) is 0.651. The molecule has 2 aromatic rings. The van der Waals surface area contributed by atoms with E-state index in [1.807, 2.05) is 29.8 Å². The minimum absolute atomic E-state index is 0.118. The summed E-state index contributed by atoms with van der Waals surface area (Å²) in [5, 5.41) is 1.89. The first-order valence-electron chi connectivity index (χ1n) is 4.96. The first-order chi connectivity index (χ1) is 7.81. The number of hydrogen-bond donors (Lipinski definition) is 0. The fourth-order valence-electron chi connectivity index (χ4n) is 1.21. The van der Waals surface area contributed by atoms with Crippen molar-refractivity contribution in [2.24, 2.45) is 4.99 Å². The van der Waals surface area contributed by atoms with Crippen LogP contribution in [0.1, 0.15) is 13.3 Å². The average molecular weight is 233 g/mol. The smallest absolute Gasteiger partial charge is 0.248 e. The summed E-state index contributed by atoms with van der Waals surface area (Å²) in [4.78, 5) is 20.2. The Bertz CT molecular complexity index is 542. The van der Waals surface area contributed by atoms with Crippen molar-refractivity contribution in [3.8, 4) is 5.82 Å². The van der Waals surface area contributed by atoms with E-state index in [4.69, 9.17) is 0 Å². The van der Waals surface area contributed by atoms with Gasteiger partial charge in [0.05, 0.1) is 0 Å². The summed E-state index contributed by atoms with van der Waals surface area (Å²) in [6.45, 7) is 1.80. The lowest BCUT2D eigenvalue weighted by atomic mass is 10.4. The first kappa shape index (κ1) is 10.8. The summed E-state index contributed by atoms with van der Waals surface area (Å²) in [7, 11) is 0. The summed E-state index contributed by atoms with van der Waals surface area (Å²) in [6.07, 6.45) is 3.99. The first-order valence-corrected chi connectivity index (χ1v) is 5.84. The Kier molecular flexibility index (Phi) is 3.26. The van der Waals surface area contributed by atoms with Gasteiger partial charge in [-0.2, -0.15) is 4.99 Å². The van der Waals surface area contributed by atoms with E-state index in [1.165, 1.54) is 11.3 Å². The molecule has 4 nitrogen and oxygen atoms in total. The number of thiazole rings is 1. The molecule has 5 heteroatoms. The fourth-order valence-corrected chi connectivity index (χ4v) is 1.94. The third-order valence-electron chi connectivity index (χ3n) is 2.01. The molecule has 0 fully saturated rings. The molecule has 0 aliphatic rings. The van der Waals surface area contributed by atoms with Crippen LogP contribution in [-0.4, -0.2) is 15.5 Å². The molecule has 0 saturated heterocycles. The molecule has 0 N–H and O–H groups in total. The molecule has 0 bridgehead atoms. The average Bonchev–Trinajstić information content (AvgIpc) is 2.78. The molecular formula is C11H11N3OS. The molecule has 2 rings (SSSR count). The van der Waals surface area contributed by atoms with E-state index < -0.39 is 0 Å². The monoisotopic (exact) mass is 233 g/mol. The van der Waals surface area contributed by atoms with Gasteiger partial charge in [0.15, 0.2) is 4.80 Å². The zero-order valence-corrected chi connectivity index (χ0v) is 9.65. The fraction of sp³-hybridized carbons (Fsp3) is 0.182. The van der Waals surface area contributed by atoms with Crippen LogP contribution in [-0.2, 0) is 4.79 Å². The summed E-state index contributed by atoms with van der Waals surface area (Å²) in [6, 6.07) is 5.63. The summed E-state index contributed by atoms with van der Waals surface area (Å²) >= 11 is 1.42. The number of hydrogen-bond acceptors (Lipinski definition) is 3. The molecule has 0 radical (unpaired) electrons. The Morgan fingerprint density at radius 1 is 1.56 bits per heavy atom. The number of aromatic nitrogens is 2. The Morgan fingerprint density at radius 3 is 3.12 bits per heavy atom. The van der Waals surface area contributed by atoms with Gasteiger partial charge in [-0.1, -0.05) is 13.0 Å². The highest BCUT2D eigenvalue weighted by Gasteiger charge is 2.01. The molecular weight excluding hydrogens is 222 g/mol. The van der Waals surface area contributed by atoms with Gasteiger partial charge in [0.25, 0.3) is 0 Å². The van der Waals surface area contributed by atoms with Crippen molar-refractivity contribution in [3.05, 3.63) is 40.8 Å². The van der Waals surface area contributed by atoms with E-state index >= 15 is 0 Å². The third-order valence-corrected chi connectivity index (χ3v) is 2.76. The van der Waals surface area contributed by atoms with Gasteiger partial charge in [-0.25, -0.2) is 4.98 Å². The molecule has 0 unspecified atom stereocenters. The van der Waals surface area contributed by atoms with Gasteiger partial charge >= 0.3 is 0 Å². The second kappa shape index (κ2) is 4.85. The van der Waals surface area contributed by atoms with Gasteiger partial charge < -0.3 is 0 Å². The van der Waals surface area contributed by atoms with Crippen LogP contribution >= 0.6 is 11.3 Å². The number of carbonyl (C=O) groups excluding carboxylic acids is 1. The maximum absolute atomic E-state index is 11.3. The molecule has 0 aromatic carbocycles. The van der Waals surface area contributed by atoms with Crippen LogP contribution in [0.3, 0.4) is 0 Å². The maximum atomic E-state index is 11.3. The van der Waals surface area contributed by atoms with Crippen molar-refractivity contribution >= 4 is 17.2 Å². The molecule has 0 aliphatic heterocycles. The molecule has 0 aliphatic carbocycles. The lowest BCUT2D eigenvalue weighted by Crippen LogP contribution is -2.15. The Hall–Kier alpha value is -1.75. The zero-order valence-electron chi connectivity index (χ0n) is 8.83. The number of amides is 1. The Labute approximate surface area is 96.9 Å². The third kappa shape index (κ3) is 2.25. The van der Waals surface area contributed by atoms with E-state index in [9.17, 15) is 4.79 Å². The predicted molar refractivity (Wildman–Crippen MR) is 62.3 cm³/mol. The summed E-state index contributed by atoms with van der Waals surface area (Å²) < 4.78 is 1.80. The van der Waals surface area contributed by atoms with Crippen LogP contribution in [0.2, 0.25) is 0 Å². The van der Waals surface area contributed by atoms with Crippen molar-refractivity contribution in [2.45, 2.75) is 13.3 Å². The number of pyridine rings is 1. The molecule has 2 aromatic heterocycles. The van der Waals surface area contributed by atoms with Gasteiger partial charge in [-0.15, -0.1) is 11.3 Å². The van der Waals surface area contributed by atoms with Crippen molar-refractivity contribution in [1.82, 2.24) is 9.55 Å². The largest absolute Gasteiger partial charge is 0.276 e. The molecule has 82 valence electrons. The van der Waals surface area contributed by atoms with Crippen LogP contribution in [0.5, 0.6) is 0 Å². The molecule has 16 heavy (non-hydrogen) atoms. The molecule has 0 atom stereocenters. The van der Waals surface area contributed by atoms with E-state index in [0.29, 0.717) is 11.2 Å². The predicted octanol–water partition coefficient (Wildman–Crippen LogP) is 1.77. The van der Waals surface area contributed by atoms with E-state index in [2.05, 4.69) is 9.98 Å². The van der Waals surface area contributed by atoms with Crippen LogP contribution in [0.4, 0.5) is 0 Å². The van der Waals surface area contributed by atoms with E-state index in [1.54, 1.807) is 17.7 Å². The van der Waals surface area contributed by atoms with Crippen molar-refractivity contribution in [1.29, 1.82) is 0 Å². The number of nitrogens with zero attached hydrogens (tertiary/aromatic N) is 3. The lowest BCUT2D eigenvalue weighted by Gasteiger charge is -1.99. The van der Waals surface area contributed by atoms with Gasteiger partial charge in [0.1, 0.15) is 5.82 Å². The van der Waals surface area contributed by atoms with Crippen LogP contribution in [0.15, 0.2) is 41.0 Å². The van der Waals surface area contributed by atoms with Crippen molar-refractivity contribution < 1.29 is 4.79 Å². The molecule has 2 heterocycles. The highest BCUT2D eigenvalue weighted by molar-refractivity contribution is 7.07. The lowest BCUT2D eigenvalue weighted by molar-refractivity contribution is -0.117. The van der Waals surface area contributed by atoms with Crippen molar-refractivity contribution in [3.63, 3.8) is 0 Å². The van der Waals surface area contributed by atoms with Gasteiger partial charge in [0.2, 0.25) is 5.91 Å². The minimum Gasteiger partial charge on any atom is -0.276 e. The van der Waals surface area contributed by atoms with Gasteiger partial charge in [0, 0.05) is 24.2 Å². The number of carbonyl (C=O) groups is 1. The SMILES string of the molecule is CCC(=O)N=c1sccn1-c1ccccn1. The quantitative estimate of drug-likeness (QED) is 0.793. The zero-order chi connectivity index (χ0) is 11.4. The van der Waals surface area contributed by atoms with E-state index in [-0.39, 0.29) is 5.91 Å². The highest BCUT2D eigenvalue weighted by Crippen LogP contribution is 2.01. The second-order valence-electron chi connectivity index (χ2n) is 3.10. The molecule has 1 amide bonds. The van der Waals surface area contributed by atoms with Crippen LogP contribution < -0.4 is 4.80 Å². The standard InChI is InChI=1S/C11H11N3OS/c1-2-10(15)13-11-14(7-8-16-11)9-5-3-4-6-12-9/h3-8H,2H2,1H3. The van der Waals surface area contributed by atoms with Gasteiger partial charge in [-0.3, -0.25) is 9.36 Å². The Morgan fingerprint density at radius 2 is 2.44 bits per heavy atom. The normalized spacial score (nSPS) is 11.7. The van der Waals surface area contributed by atoms with Crippen LogP contribution in [0, 0.1) is 0 Å². The number of rotatable bonds is 2. The molecule has 0 saturated carbocycles. The summed E-state index contributed by atoms with van der Waals surface area (Å²) in [5.41, 5.74) is 0. The van der Waals surface area contributed by atoms with Crippen LogP contribution in [0.25, 0.3) is 5.82 Å². The van der Waals surface area contributed by atoms with Crippen molar-refractivity contribution in [2.75, 3.05) is 0 Å². The van der Waals surface area contributed by atoms with E-state index in [0.717, 1.165) is 5.82 Å². The Balaban J connectivity index is 2.48. The maximum Gasteiger partial charge on any atom is 0.248 e. The molecule has 0 spiro atoms.